The summed E-state index contributed by atoms with van der Waals surface area (Å²) in [4.78, 5) is 36.9. The number of para-hydroxylation sites is 1. The minimum Gasteiger partial charge on any atom is -0.465 e. The molecule has 4 aromatic rings. The van der Waals surface area contributed by atoms with Crippen LogP contribution in [0.1, 0.15) is 20.7 Å². The molecule has 0 unspecified atom stereocenters. The van der Waals surface area contributed by atoms with Gasteiger partial charge in [-0.05, 0) is 30.3 Å². The molecule has 8 heteroatoms. The summed E-state index contributed by atoms with van der Waals surface area (Å²) < 4.78 is 4.69. The third kappa shape index (κ3) is 4.07. The van der Waals surface area contributed by atoms with Gasteiger partial charge in [0.15, 0.2) is 0 Å². The largest absolute Gasteiger partial charge is 0.465 e. The molecule has 4 rings (SSSR count). The standard InChI is InChI=1S/C22H17N5O3/c1-30-21(29)15-6-2-8-17(11-15)26-20(28)16-12-24-22(25-13-16)27-18-9-3-5-14-7-4-10-23-19(14)18/h2-13H,1H3,(H,26,28)(H,24,25,27). The van der Waals surface area contributed by atoms with Crippen molar-refractivity contribution < 1.29 is 14.3 Å². The molecule has 0 spiro atoms. The molecule has 30 heavy (non-hydrogen) atoms. The van der Waals surface area contributed by atoms with Crippen LogP contribution in [0.4, 0.5) is 17.3 Å². The summed E-state index contributed by atoms with van der Waals surface area (Å²) >= 11 is 0. The van der Waals surface area contributed by atoms with E-state index in [4.69, 9.17) is 0 Å². The maximum Gasteiger partial charge on any atom is 0.337 e. The fourth-order valence-electron chi connectivity index (χ4n) is 2.88. The Hall–Kier alpha value is -4.33. The third-order valence-corrected chi connectivity index (χ3v) is 4.33. The number of anilines is 3. The van der Waals surface area contributed by atoms with Crippen molar-refractivity contribution in [3.63, 3.8) is 0 Å². The van der Waals surface area contributed by atoms with Crippen LogP contribution >= 0.6 is 0 Å². The first-order valence-corrected chi connectivity index (χ1v) is 9.06. The van der Waals surface area contributed by atoms with Gasteiger partial charge in [-0.1, -0.05) is 24.3 Å². The molecule has 0 aliphatic rings. The number of rotatable bonds is 5. The van der Waals surface area contributed by atoms with Crippen molar-refractivity contribution in [3.05, 3.63) is 84.3 Å². The quantitative estimate of drug-likeness (QED) is 0.492. The summed E-state index contributed by atoms with van der Waals surface area (Å²) in [6, 6.07) is 16.1. The van der Waals surface area contributed by atoms with Crippen LogP contribution in [0.5, 0.6) is 0 Å². The van der Waals surface area contributed by atoms with E-state index in [0.717, 1.165) is 16.6 Å². The van der Waals surface area contributed by atoms with Crippen molar-refractivity contribution >= 4 is 40.1 Å². The lowest BCUT2D eigenvalue weighted by atomic mass is 10.2. The first-order chi connectivity index (χ1) is 14.6. The van der Waals surface area contributed by atoms with Crippen molar-refractivity contribution in [2.45, 2.75) is 0 Å². The minimum absolute atomic E-state index is 0.278. The van der Waals surface area contributed by atoms with Crippen LogP contribution in [0, 0.1) is 0 Å². The van der Waals surface area contributed by atoms with Crippen LogP contribution in [0.25, 0.3) is 10.9 Å². The molecule has 0 fully saturated rings. The van der Waals surface area contributed by atoms with E-state index in [1.54, 1.807) is 24.4 Å². The van der Waals surface area contributed by atoms with Gasteiger partial charge in [-0.25, -0.2) is 14.8 Å². The highest BCUT2D eigenvalue weighted by molar-refractivity contribution is 6.04. The monoisotopic (exact) mass is 399 g/mol. The average molecular weight is 399 g/mol. The average Bonchev–Trinajstić information content (AvgIpc) is 2.79. The van der Waals surface area contributed by atoms with E-state index >= 15 is 0 Å². The number of ether oxygens (including phenoxy) is 1. The second-order valence-electron chi connectivity index (χ2n) is 6.33. The Morgan fingerprint density at radius 1 is 0.900 bits per heavy atom. The highest BCUT2D eigenvalue weighted by Gasteiger charge is 2.11. The molecule has 0 atom stereocenters. The zero-order valence-electron chi connectivity index (χ0n) is 16.0. The third-order valence-electron chi connectivity index (χ3n) is 4.33. The lowest BCUT2D eigenvalue weighted by molar-refractivity contribution is 0.0600. The Kier molecular flexibility index (Phi) is 5.29. The number of pyridine rings is 1. The molecular weight excluding hydrogens is 382 g/mol. The lowest BCUT2D eigenvalue weighted by Crippen LogP contribution is -2.13. The van der Waals surface area contributed by atoms with E-state index in [2.05, 4.69) is 30.3 Å². The number of carbonyl (C=O) groups is 2. The molecule has 2 aromatic heterocycles. The van der Waals surface area contributed by atoms with Crippen LogP contribution in [-0.4, -0.2) is 33.9 Å². The first kappa shape index (κ1) is 19.0. The summed E-state index contributed by atoms with van der Waals surface area (Å²) in [5.74, 6) is -0.527. The van der Waals surface area contributed by atoms with E-state index in [0.29, 0.717) is 17.2 Å². The number of nitrogens with one attached hydrogen (secondary N) is 2. The number of benzene rings is 2. The Balaban J connectivity index is 1.48. The van der Waals surface area contributed by atoms with Gasteiger partial charge in [0, 0.05) is 29.7 Å². The molecule has 0 aliphatic heterocycles. The van der Waals surface area contributed by atoms with Gasteiger partial charge in [0.1, 0.15) is 0 Å². The molecule has 2 heterocycles. The highest BCUT2D eigenvalue weighted by atomic mass is 16.5. The van der Waals surface area contributed by atoms with Crippen molar-refractivity contribution in [2.75, 3.05) is 17.7 Å². The molecule has 0 saturated heterocycles. The van der Waals surface area contributed by atoms with Gasteiger partial charge in [-0.15, -0.1) is 0 Å². The number of nitrogens with zero attached hydrogens (tertiary/aromatic N) is 3. The van der Waals surface area contributed by atoms with Crippen LogP contribution in [-0.2, 0) is 4.74 Å². The first-order valence-electron chi connectivity index (χ1n) is 9.06. The maximum atomic E-state index is 12.5. The molecule has 1 amide bonds. The molecule has 8 nitrogen and oxygen atoms in total. The SMILES string of the molecule is COC(=O)c1cccc(NC(=O)c2cnc(Nc3cccc4cccnc34)nc2)c1. The van der Waals surface area contributed by atoms with Crippen LogP contribution in [0.2, 0.25) is 0 Å². The van der Waals surface area contributed by atoms with E-state index < -0.39 is 11.9 Å². The Morgan fingerprint density at radius 3 is 2.47 bits per heavy atom. The predicted octanol–water partition coefficient (Wildman–Crippen LogP) is 3.81. The lowest BCUT2D eigenvalue weighted by Gasteiger charge is -2.09. The van der Waals surface area contributed by atoms with Crippen LogP contribution in [0.3, 0.4) is 0 Å². The Morgan fingerprint density at radius 2 is 1.67 bits per heavy atom. The predicted molar refractivity (Wildman–Crippen MR) is 113 cm³/mol. The number of aromatic nitrogens is 3. The van der Waals surface area contributed by atoms with Crippen molar-refractivity contribution in [2.24, 2.45) is 0 Å². The van der Waals surface area contributed by atoms with Gasteiger partial charge in [0.05, 0.1) is 29.4 Å². The van der Waals surface area contributed by atoms with Crippen LogP contribution < -0.4 is 10.6 Å². The van der Waals surface area contributed by atoms with Crippen LogP contribution in [0.15, 0.2) is 73.2 Å². The number of amides is 1. The summed E-state index contributed by atoms with van der Waals surface area (Å²) in [7, 11) is 1.30. The number of hydrogen-bond donors (Lipinski definition) is 2. The fraction of sp³-hybridized carbons (Fsp3) is 0.0455. The normalized spacial score (nSPS) is 10.4. The van der Waals surface area contributed by atoms with Gasteiger partial charge in [0.2, 0.25) is 5.95 Å². The van der Waals surface area contributed by atoms with Crippen molar-refractivity contribution in [3.8, 4) is 0 Å². The summed E-state index contributed by atoms with van der Waals surface area (Å²) in [5, 5.41) is 6.83. The fourth-order valence-corrected chi connectivity index (χ4v) is 2.88. The topological polar surface area (TPSA) is 106 Å². The number of fused-ring (bicyclic) bond motifs is 1. The smallest absolute Gasteiger partial charge is 0.337 e. The van der Waals surface area contributed by atoms with Gasteiger partial charge in [-0.3, -0.25) is 9.78 Å². The Bertz CT molecular complexity index is 1220. The molecular formula is C22H17N5O3. The molecule has 0 bridgehead atoms. The summed E-state index contributed by atoms with van der Waals surface area (Å²) in [6.45, 7) is 0. The van der Waals surface area contributed by atoms with E-state index in [9.17, 15) is 9.59 Å². The molecule has 2 aromatic carbocycles. The Labute approximate surface area is 172 Å². The van der Waals surface area contributed by atoms with E-state index in [1.807, 2.05) is 30.3 Å². The molecule has 0 saturated carbocycles. The molecule has 2 N–H and O–H groups in total. The zero-order chi connectivity index (χ0) is 20.9. The van der Waals surface area contributed by atoms with Gasteiger partial charge in [0.25, 0.3) is 5.91 Å². The number of hydrogen-bond acceptors (Lipinski definition) is 7. The second-order valence-corrected chi connectivity index (χ2v) is 6.33. The van der Waals surface area contributed by atoms with Crippen molar-refractivity contribution in [1.29, 1.82) is 0 Å². The zero-order valence-corrected chi connectivity index (χ0v) is 16.0. The van der Waals surface area contributed by atoms with E-state index in [-0.39, 0.29) is 5.56 Å². The van der Waals surface area contributed by atoms with Crippen molar-refractivity contribution in [1.82, 2.24) is 15.0 Å². The highest BCUT2D eigenvalue weighted by Crippen LogP contribution is 2.23. The number of esters is 1. The maximum absolute atomic E-state index is 12.5. The van der Waals surface area contributed by atoms with Gasteiger partial charge < -0.3 is 15.4 Å². The number of methoxy groups -OCH3 is 1. The number of carbonyl (C=O) groups excluding carboxylic acids is 2. The second kappa shape index (κ2) is 8.36. The summed E-state index contributed by atoms with van der Waals surface area (Å²) in [6.07, 6.45) is 4.57. The minimum atomic E-state index is -0.479. The van der Waals surface area contributed by atoms with E-state index in [1.165, 1.54) is 25.6 Å². The summed E-state index contributed by atoms with van der Waals surface area (Å²) in [5.41, 5.74) is 2.66. The van der Waals surface area contributed by atoms with Gasteiger partial charge >= 0.3 is 5.97 Å². The molecule has 0 radical (unpaired) electrons. The molecule has 0 aliphatic carbocycles. The van der Waals surface area contributed by atoms with Gasteiger partial charge in [-0.2, -0.15) is 0 Å². The molecule has 148 valence electrons.